The minimum atomic E-state index is -0.444. The fourth-order valence-electron chi connectivity index (χ4n) is 2.59. The van der Waals surface area contributed by atoms with Crippen molar-refractivity contribution in [3.05, 3.63) is 33.9 Å². The molecule has 1 heterocycles. The Morgan fingerprint density at radius 3 is 2.50 bits per heavy atom. The van der Waals surface area contributed by atoms with Crippen LogP contribution in [0.5, 0.6) is 0 Å². The third kappa shape index (κ3) is 4.04. The Morgan fingerprint density at radius 1 is 1.32 bits per heavy atom. The van der Waals surface area contributed by atoms with E-state index in [4.69, 9.17) is 0 Å². The first-order valence-electron chi connectivity index (χ1n) is 7.58. The van der Waals surface area contributed by atoms with Crippen molar-refractivity contribution >= 4 is 17.3 Å². The Labute approximate surface area is 130 Å². The van der Waals surface area contributed by atoms with Gasteiger partial charge in [-0.1, -0.05) is 26.8 Å². The number of carbonyl (C=O) groups is 1. The van der Waals surface area contributed by atoms with Crippen LogP contribution in [0.15, 0.2) is 18.2 Å². The van der Waals surface area contributed by atoms with Crippen LogP contribution in [0.4, 0.5) is 11.4 Å². The van der Waals surface area contributed by atoms with Gasteiger partial charge in [0.2, 0.25) is 5.91 Å². The number of nitro groups is 1. The highest BCUT2D eigenvalue weighted by Gasteiger charge is 2.22. The summed E-state index contributed by atoms with van der Waals surface area (Å²) in [6, 6.07) is 5.00. The summed E-state index contributed by atoms with van der Waals surface area (Å²) in [7, 11) is 0. The Kier molecular flexibility index (Phi) is 4.81. The lowest BCUT2D eigenvalue weighted by Gasteiger charge is -2.19. The summed E-state index contributed by atoms with van der Waals surface area (Å²) >= 11 is 0. The fraction of sp³-hybridized carbons (Fsp3) is 0.562. The van der Waals surface area contributed by atoms with E-state index in [9.17, 15) is 14.9 Å². The second-order valence-electron chi connectivity index (χ2n) is 6.77. The van der Waals surface area contributed by atoms with E-state index in [2.05, 4.69) is 10.2 Å². The molecule has 2 rings (SSSR count). The second-order valence-corrected chi connectivity index (χ2v) is 6.77. The van der Waals surface area contributed by atoms with Crippen molar-refractivity contribution in [2.75, 3.05) is 25.0 Å². The molecule has 0 unspecified atom stereocenters. The normalized spacial score (nSPS) is 15.8. The highest BCUT2D eigenvalue weighted by Crippen LogP contribution is 2.31. The van der Waals surface area contributed by atoms with E-state index in [1.54, 1.807) is 12.1 Å². The monoisotopic (exact) mass is 305 g/mol. The van der Waals surface area contributed by atoms with Crippen LogP contribution in [-0.2, 0) is 10.2 Å². The van der Waals surface area contributed by atoms with Crippen LogP contribution in [0.2, 0.25) is 0 Å². The number of rotatable bonds is 4. The molecule has 0 aliphatic carbocycles. The first-order valence-corrected chi connectivity index (χ1v) is 7.58. The molecule has 0 spiro atoms. The Hall–Kier alpha value is -1.95. The van der Waals surface area contributed by atoms with Crippen LogP contribution in [0.25, 0.3) is 0 Å². The van der Waals surface area contributed by atoms with E-state index >= 15 is 0 Å². The number of benzene rings is 1. The second kappa shape index (κ2) is 6.44. The molecule has 22 heavy (non-hydrogen) atoms. The molecule has 0 aromatic heterocycles. The van der Waals surface area contributed by atoms with Crippen LogP contribution in [0.1, 0.15) is 39.2 Å². The zero-order valence-corrected chi connectivity index (χ0v) is 13.4. The molecule has 0 radical (unpaired) electrons. The smallest absolute Gasteiger partial charge is 0.293 e. The molecule has 1 aliphatic rings. The average molecular weight is 305 g/mol. The van der Waals surface area contributed by atoms with Gasteiger partial charge in [-0.3, -0.25) is 19.8 Å². The predicted octanol–water partition coefficient (Wildman–Crippen LogP) is 2.93. The van der Waals surface area contributed by atoms with Gasteiger partial charge in [-0.15, -0.1) is 0 Å². The van der Waals surface area contributed by atoms with Crippen LogP contribution in [-0.4, -0.2) is 35.4 Å². The predicted molar refractivity (Wildman–Crippen MR) is 86.1 cm³/mol. The number of anilines is 1. The largest absolute Gasteiger partial charge is 0.319 e. The topological polar surface area (TPSA) is 75.5 Å². The van der Waals surface area contributed by atoms with Crippen molar-refractivity contribution in [2.45, 2.75) is 39.0 Å². The van der Waals surface area contributed by atoms with Gasteiger partial charge < -0.3 is 5.32 Å². The molecule has 6 nitrogen and oxygen atoms in total. The highest BCUT2D eigenvalue weighted by atomic mass is 16.6. The zero-order valence-electron chi connectivity index (χ0n) is 13.4. The number of carbonyl (C=O) groups excluding carboxylic acids is 1. The first kappa shape index (κ1) is 16.4. The molecule has 1 N–H and O–H groups in total. The van der Waals surface area contributed by atoms with Crippen LogP contribution >= 0.6 is 0 Å². The molecule has 1 fully saturated rings. The molecule has 0 atom stereocenters. The van der Waals surface area contributed by atoms with Crippen molar-refractivity contribution in [2.24, 2.45) is 0 Å². The number of hydrogen-bond acceptors (Lipinski definition) is 4. The standard InChI is InChI=1S/C16H23N3O3/c1-16(2,3)12-6-7-13(14(10-12)19(21)22)17-15(20)11-18-8-4-5-9-18/h6-7,10H,4-5,8-9,11H2,1-3H3,(H,17,20). The number of likely N-dealkylation sites (tertiary alicyclic amines) is 1. The molecule has 6 heteroatoms. The summed E-state index contributed by atoms with van der Waals surface area (Å²) in [5.74, 6) is -0.200. The minimum Gasteiger partial charge on any atom is -0.319 e. The fourth-order valence-corrected chi connectivity index (χ4v) is 2.59. The van der Waals surface area contributed by atoms with Crippen molar-refractivity contribution in [3.63, 3.8) is 0 Å². The van der Waals surface area contributed by atoms with E-state index in [0.717, 1.165) is 31.5 Å². The molecular weight excluding hydrogens is 282 g/mol. The summed E-state index contributed by atoms with van der Waals surface area (Å²) in [4.78, 5) is 24.9. The number of hydrogen-bond donors (Lipinski definition) is 1. The van der Waals surface area contributed by atoms with Gasteiger partial charge in [0.25, 0.3) is 5.69 Å². The van der Waals surface area contributed by atoms with Crippen molar-refractivity contribution in [1.82, 2.24) is 4.90 Å². The first-order chi connectivity index (χ1) is 10.3. The molecule has 120 valence electrons. The van der Waals surface area contributed by atoms with E-state index < -0.39 is 4.92 Å². The van der Waals surface area contributed by atoms with Gasteiger partial charge in [0.15, 0.2) is 0 Å². The molecule has 1 aliphatic heterocycles. The van der Waals surface area contributed by atoms with Crippen LogP contribution < -0.4 is 5.32 Å². The summed E-state index contributed by atoms with van der Waals surface area (Å²) in [5, 5.41) is 13.9. The maximum absolute atomic E-state index is 12.0. The van der Waals surface area contributed by atoms with Gasteiger partial charge in [-0.25, -0.2) is 0 Å². The third-order valence-electron chi connectivity index (χ3n) is 3.90. The van der Waals surface area contributed by atoms with Gasteiger partial charge >= 0.3 is 0 Å². The summed E-state index contributed by atoms with van der Waals surface area (Å²) in [5.41, 5.74) is 0.907. The van der Waals surface area contributed by atoms with Crippen molar-refractivity contribution in [3.8, 4) is 0 Å². The lowest BCUT2D eigenvalue weighted by molar-refractivity contribution is -0.384. The van der Waals surface area contributed by atoms with Crippen molar-refractivity contribution < 1.29 is 9.72 Å². The number of amides is 1. The number of nitrogens with zero attached hydrogens (tertiary/aromatic N) is 2. The van der Waals surface area contributed by atoms with Gasteiger partial charge in [0.1, 0.15) is 5.69 Å². The average Bonchev–Trinajstić information content (AvgIpc) is 2.90. The quantitative estimate of drug-likeness (QED) is 0.685. The van der Waals surface area contributed by atoms with E-state index in [1.807, 2.05) is 26.8 Å². The van der Waals surface area contributed by atoms with Crippen molar-refractivity contribution in [1.29, 1.82) is 0 Å². The van der Waals surface area contributed by atoms with Gasteiger partial charge in [-0.05, 0) is 43.0 Å². The summed E-state index contributed by atoms with van der Waals surface area (Å²) < 4.78 is 0. The molecule has 1 amide bonds. The maximum atomic E-state index is 12.0. The van der Waals surface area contributed by atoms with Crippen LogP contribution in [0, 0.1) is 10.1 Å². The lowest BCUT2D eigenvalue weighted by Crippen LogP contribution is -2.31. The SMILES string of the molecule is CC(C)(C)c1ccc(NC(=O)CN2CCCC2)c([N+](=O)[O-])c1. The van der Waals surface area contributed by atoms with E-state index in [0.29, 0.717) is 0 Å². The van der Waals surface area contributed by atoms with Gasteiger partial charge in [-0.2, -0.15) is 0 Å². The van der Waals surface area contributed by atoms with Gasteiger partial charge in [0, 0.05) is 6.07 Å². The van der Waals surface area contributed by atoms with Gasteiger partial charge in [0.05, 0.1) is 11.5 Å². The Balaban J connectivity index is 2.15. The van der Waals surface area contributed by atoms with E-state index in [1.165, 1.54) is 0 Å². The Morgan fingerprint density at radius 2 is 1.95 bits per heavy atom. The minimum absolute atomic E-state index is 0.0535. The van der Waals surface area contributed by atoms with Crippen LogP contribution in [0.3, 0.4) is 0 Å². The lowest BCUT2D eigenvalue weighted by atomic mass is 9.86. The summed E-state index contributed by atoms with van der Waals surface area (Å²) in [6.45, 7) is 8.11. The number of nitrogens with one attached hydrogen (secondary N) is 1. The number of nitro benzene ring substituents is 1. The van der Waals surface area contributed by atoms with E-state index in [-0.39, 0.29) is 29.2 Å². The molecular formula is C16H23N3O3. The molecule has 1 aromatic carbocycles. The third-order valence-corrected chi connectivity index (χ3v) is 3.90. The molecule has 1 saturated heterocycles. The maximum Gasteiger partial charge on any atom is 0.293 e. The Bertz CT molecular complexity index is 572. The highest BCUT2D eigenvalue weighted by molar-refractivity contribution is 5.94. The zero-order chi connectivity index (χ0) is 16.3. The molecule has 0 saturated carbocycles. The molecule has 1 aromatic rings. The molecule has 0 bridgehead atoms. The summed E-state index contributed by atoms with van der Waals surface area (Å²) in [6.07, 6.45) is 2.21.